The first-order chi connectivity index (χ1) is 9.71. The fourth-order valence-electron chi connectivity index (χ4n) is 1.87. The summed E-state index contributed by atoms with van der Waals surface area (Å²) in [5.41, 5.74) is 11.7. The lowest BCUT2D eigenvalue weighted by atomic mass is 10.2. The summed E-state index contributed by atoms with van der Waals surface area (Å²) in [5.74, 6) is 0.645. The van der Waals surface area contributed by atoms with Crippen LogP contribution in [0.1, 0.15) is 10.4 Å². The molecule has 20 heavy (non-hydrogen) atoms. The molecule has 0 saturated carbocycles. The van der Waals surface area contributed by atoms with Crippen molar-refractivity contribution >= 4 is 5.91 Å². The fraction of sp³-hybridized carbons (Fsp3) is 0.500. The summed E-state index contributed by atoms with van der Waals surface area (Å²) in [6, 6.07) is 7.02. The van der Waals surface area contributed by atoms with Gasteiger partial charge in [-0.05, 0) is 24.3 Å². The van der Waals surface area contributed by atoms with Gasteiger partial charge in [-0.1, -0.05) is 0 Å². The molecular formula is C14H24N4O2. The normalized spacial score (nSPS) is 10.6. The van der Waals surface area contributed by atoms with E-state index in [2.05, 4.69) is 10.2 Å². The van der Waals surface area contributed by atoms with E-state index >= 15 is 0 Å². The SMILES string of the molecule is COc1ccc(C(=O)NCCN(CCN)CCN)cc1. The van der Waals surface area contributed by atoms with Crippen LogP contribution in [-0.2, 0) is 0 Å². The third-order valence-corrected chi connectivity index (χ3v) is 2.96. The van der Waals surface area contributed by atoms with E-state index in [-0.39, 0.29) is 5.91 Å². The monoisotopic (exact) mass is 280 g/mol. The summed E-state index contributed by atoms with van der Waals surface area (Å²) in [5, 5.41) is 2.88. The van der Waals surface area contributed by atoms with Crippen LogP contribution in [-0.4, -0.2) is 57.2 Å². The van der Waals surface area contributed by atoms with Crippen molar-refractivity contribution in [2.75, 3.05) is 46.4 Å². The molecule has 0 aromatic heterocycles. The number of nitrogens with two attached hydrogens (primary N) is 2. The molecule has 1 rings (SSSR count). The van der Waals surface area contributed by atoms with Crippen LogP contribution < -0.4 is 21.5 Å². The Labute approximate surface area is 120 Å². The Morgan fingerprint density at radius 2 is 1.75 bits per heavy atom. The highest BCUT2D eigenvalue weighted by Crippen LogP contribution is 2.10. The summed E-state index contributed by atoms with van der Waals surface area (Å²) in [7, 11) is 1.60. The van der Waals surface area contributed by atoms with Gasteiger partial charge in [-0.25, -0.2) is 0 Å². The number of benzene rings is 1. The number of rotatable bonds is 9. The van der Waals surface area contributed by atoms with E-state index in [1.54, 1.807) is 31.4 Å². The molecule has 0 saturated heterocycles. The Balaban J connectivity index is 2.37. The van der Waals surface area contributed by atoms with Gasteiger partial charge in [0.05, 0.1) is 7.11 Å². The van der Waals surface area contributed by atoms with Gasteiger partial charge in [0.25, 0.3) is 5.91 Å². The Morgan fingerprint density at radius 1 is 1.15 bits per heavy atom. The smallest absolute Gasteiger partial charge is 0.251 e. The lowest BCUT2D eigenvalue weighted by Crippen LogP contribution is -2.39. The average molecular weight is 280 g/mol. The molecule has 112 valence electrons. The molecule has 0 bridgehead atoms. The van der Waals surface area contributed by atoms with Crippen LogP contribution in [0.25, 0.3) is 0 Å². The lowest BCUT2D eigenvalue weighted by molar-refractivity contribution is 0.0948. The number of nitrogens with zero attached hydrogens (tertiary/aromatic N) is 1. The first kappa shape index (κ1) is 16.4. The van der Waals surface area contributed by atoms with Crippen molar-refractivity contribution < 1.29 is 9.53 Å². The maximum Gasteiger partial charge on any atom is 0.251 e. The molecular weight excluding hydrogens is 256 g/mol. The maximum absolute atomic E-state index is 11.9. The summed E-state index contributed by atoms with van der Waals surface area (Å²) in [6.07, 6.45) is 0. The molecule has 0 fully saturated rings. The molecule has 0 aliphatic heterocycles. The molecule has 0 aliphatic carbocycles. The largest absolute Gasteiger partial charge is 0.497 e. The highest BCUT2D eigenvalue weighted by molar-refractivity contribution is 5.94. The summed E-state index contributed by atoms with van der Waals surface area (Å²) in [6.45, 7) is 4.07. The van der Waals surface area contributed by atoms with Gasteiger partial charge >= 0.3 is 0 Å². The van der Waals surface area contributed by atoms with Gasteiger partial charge in [0.1, 0.15) is 5.75 Å². The van der Waals surface area contributed by atoms with Crippen LogP contribution in [0, 0.1) is 0 Å². The number of amides is 1. The lowest BCUT2D eigenvalue weighted by Gasteiger charge is -2.20. The van der Waals surface area contributed by atoms with Gasteiger partial charge in [0.2, 0.25) is 0 Å². The van der Waals surface area contributed by atoms with Gasteiger partial charge in [0.15, 0.2) is 0 Å². The number of methoxy groups -OCH3 is 1. The van der Waals surface area contributed by atoms with Gasteiger partial charge < -0.3 is 21.5 Å². The van der Waals surface area contributed by atoms with E-state index in [9.17, 15) is 4.79 Å². The second-order valence-electron chi connectivity index (χ2n) is 4.40. The van der Waals surface area contributed by atoms with Gasteiger partial charge in [-0.2, -0.15) is 0 Å². The van der Waals surface area contributed by atoms with Crippen molar-refractivity contribution in [2.24, 2.45) is 11.5 Å². The van der Waals surface area contributed by atoms with E-state index in [0.29, 0.717) is 25.2 Å². The molecule has 1 aromatic carbocycles. The van der Waals surface area contributed by atoms with Crippen molar-refractivity contribution in [3.63, 3.8) is 0 Å². The van der Waals surface area contributed by atoms with Crippen molar-refractivity contribution in [3.8, 4) is 5.75 Å². The van der Waals surface area contributed by atoms with Crippen LogP contribution in [0.5, 0.6) is 5.75 Å². The van der Waals surface area contributed by atoms with Gasteiger partial charge in [-0.15, -0.1) is 0 Å². The highest BCUT2D eigenvalue weighted by atomic mass is 16.5. The minimum Gasteiger partial charge on any atom is -0.497 e. The fourth-order valence-corrected chi connectivity index (χ4v) is 1.87. The Bertz CT molecular complexity index is 389. The van der Waals surface area contributed by atoms with Crippen LogP contribution in [0.2, 0.25) is 0 Å². The summed E-state index contributed by atoms with van der Waals surface area (Å²) >= 11 is 0. The number of hydrogen-bond donors (Lipinski definition) is 3. The molecule has 6 heteroatoms. The van der Waals surface area contributed by atoms with Crippen LogP contribution in [0.15, 0.2) is 24.3 Å². The van der Waals surface area contributed by atoms with Crippen molar-refractivity contribution in [3.05, 3.63) is 29.8 Å². The molecule has 0 atom stereocenters. The minimum absolute atomic E-state index is 0.0897. The van der Waals surface area contributed by atoms with Crippen molar-refractivity contribution in [1.29, 1.82) is 0 Å². The highest BCUT2D eigenvalue weighted by Gasteiger charge is 2.07. The molecule has 1 amide bonds. The van der Waals surface area contributed by atoms with E-state index < -0.39 is 0 Å². The maximum atomic E-state index is 11.9. The van der Waals surface area contributed by atoms with Crippen LogP contribution in [0.4, 0.5) is 0 Å². The summed E-state index contributed by atoms with van der Waals surface area (Å²) in [4.78, 5) is 14.1. The first-order valence-corrected chi connectivity index (χ1v) is 6.76. The zero-order valence-electron chi connectivity index (χ0n) is 12.0. The molecule has 0 aliphatic rings. The van der Waals surface area contributed by atoms with Gasteiger partial charge in [0, 0.05) is 44.8 Å². The Hall–Kier alpha value is -1.63. The third kappa shape index (κ3) is 5.56. The standard InChI is InChI=1S/C14H24N4O2/c1-20-13-4-2-12(3-5-13)14(19)17-8-11-18(9-6-15)10-7-16/h2-5H,6-11,15-16H2,1H3,(H,17,19). The van der Waals surface area contributed by atoms with E-state index in [1.165, 1.54) is 0 Å². The van der Waals surface area contributed by atoms with Gasteiger partial charge in [-0.3, -0.25) is 9.69 Å². The van der Waals surface area contributed by atoms with Crippen molar-refractivity contribution in [2.45, 2.75) is 0 Å². The molecule has 5 N–H and O–H groups in total. The third-order valence-electron chi connectivity index (χ3n) is 2.96. The topological polar surface area (TPSA) is 93.6 Å². The summed E-state index contributed by atoms with van der Waals surface area (Å²) < 4.78 is 5.05. The van der Waals surface area contributed by atoms with E-state index in [4.69, 9.17) is 16.2 Å². The first-order valence-electron chi connectivity index (χ1n) is 6.76. The Kier molecular flexibility index (Phi) is 7.64. The van der Waals surface area contributed by atoms with E-state index in [1.807, 2.05) is 0 Å². The minimum atomic E-state index is -0.0897. The predicted octanol–water partition coefficient (Wildman–Crippen LogP) is -0.356. The predicted molar refractivity (Wildman–Crippen MR) is 79.9 cm³/mol. The zero-order valence-corrected chi connectivity index (χ0v) is 12.0. The molecule has 0 unspecified atom stereocenters. The molecule has 0 radical (unpaired) electrons. The van der Waals surface area contributed by atoms with Crippen LogP contribution in [0.3, 0.4) is 0 Å². The Morgan fingerprint density at radius 3 is 2.25 bits per heavy atom. The zero-order chi connectivity index (χ0) is 14.8. The molecule has 0 heterocycles. The molecule has 1 aromatic rings. The quantitative estimate of drug-likeness (QED) is 0.574. The second kappa shape index (κ2) is 9.30. The number of nitrogens with one attached hydrogen (secondary N) is 1. The van der Waals surface area contributed by atoms with Crippen LogP contribution >= 0.6 is 0 Å². The molecule has 0 spiro atoms. The molecule has 6 nitrogen and oxygen atoms in total. The number of ether oxygens (including phenoxy) is 1. The second-order valence-corrected chi connectivity index (χ2v) is 4.40. The average Bonchev–Trinajstić information content (AvgIpc) is 2.47. The van der Waals surface area contributed by atoms with E-state index in [0.717, 1.165) is 25.4 Å². The van der Waals surface area contributed by atoms with Crippen molar-refractivity contribution in [1.82, 2.24) is 10.2 Å². The number of hydrogen-bond acceptors (Lipinski definition) is 5. The number of carbonyl (C=O) groups is 1. The number of carbonyl (C=O) groups excluding carboxylic acids is 1.